The molecular weight excluding hydrogens is 588 g/mol. The van der Waals surface area contributed by atoms with Gasteiger partial charge in [0.05, 0.1) is 29.6 Å². The number of amides is 1. The van der Waals surface area contributed by atoms with Gasteiger partial charge in [-0.15, -0.1) is 0 Å². The van der Waals surface area contributed by atoms with Gasteiger partial charge in [0.25, 0.3) is 15.9 Å². The second kappa shape index (κ2) is 11.9. The number of hydrogen-bond donors (Lipinski definition) is 0. The summed E-state index contributed by atoms with van der Waals surface area (Å²) in [5, 5.41) is 9.96. The molecule has 0 N–H and O–H groups in total. The van der Waals surface area contributed by atoms with Crippen LogP contribution in [0.1, 0.15) is 23.6 Å². The van der Waals surface area contributed by atoms with Crippen LogP contribution in [0.15, 0.2) is 96.2 Å². The van der Waals surface area contributed by atoms with Gasteiger partial charge >= 0.3 is 0 Å². The summed E-state index contributed by atoms with van der Waals surface area (Å²) >= 11 is 0. The first-order valence-corrected chi connectivity index (χ1v) is 16.2. The average molecular weight is 623 g/mol. The lowest BCUT2D eigenvalue weighted by molar-refractivity contribution is -0.127. The molecule has 6 rings (SSSR count). The van der Waals surface area contributed by atoms with Crippen LogP contribution in [0.5, 0.6) is 5.75 Å². The molecule has 0 saturated carbocycles. The van der Waals surface area contributed by atoms with Crippen molar-refractivity contribution in [1.82, 2.24) is 9.88 Å². The second-order valence-corrected chi connectivity index (χ2v) is 12.9. The van der Waals surface area contributed by atoms with E-state index in [2.05, 4.69) is 16.0 Å². The van der Waals surface area contributed by atoms with Crippen LogP contribution in [0.4, 0.5) is 17.1 Å². The fourth-order valence-corrected chi connectivity index (χ4v) is 8.19. The van der Waals surface area contributed by atoms with Crippen molar-refractivity contribution in [2.45, 2.75) is 17.4 Å². The fourth-order valence-electron chi connectivity index (χ4n) is 6.46. The number of nitrogens with zero attached hydrogens (tertiary/aromatic N) is 6. The van der Waals surface area contributed by atoms with E-state index >= 15 is 4.79 Å². The molecule has 1 atom stereocenters. The molecule has 10 nitrogen and oxygen atoms in total. The smallest absolute Gasteiger partial charge is 0.273 e. The van der Waals surface area contributed by atoms with Crippen LogP contribution in [0.25, 0.3) is 0 Å². The van der Waals surface area contributed by atoms with E-state index in [1.54, 1.807) is 73.9 Å². The predicted molar refractivity (Wildman–Crippen MR) is 173 cm³/mol. The SMILES string of the molecule is CCOc1ccccc1C1(N2CCN(c3ccncc3)CC2)C(=O)N(S(=O)(=O)c2ccccc2N(C)C)c2ccc(C#N)cc21. The van der Waals surface area contributed by atoms with Gasteiger partial charge in [0.15, 0.2) is 5.54 Å². The first-order chi connectivity index (χ1) is 21.7. The van der Waals surface area contributed by atoms with Gasteiger partial charge in [0.1, 0.15) is 10.6 Å². The predicted octanol–water partition coefficient (Wildman–Crippen LogP) is 4.22. The second-order valence-electron chi connectivity index (χ2n) is 11.1. The van der Waals surface area contributed by atoms with Gasteiger partial charge in [-0.25, -0.2) is 12.7 Å². The summed E-state index contributed by atoms with van der Waals surface area (Å²) in [4.78, 5) is 25.4. The Balaban J connectivity index is 1.59. The molecule has 230 valence electrons. The third kappa shape index (κ3) is 4.87. The van der Waals surface area contributed by atoms with Crippen molar-refractivity contribution in [3.05, 3.63) is 108 Å². The van der Waals surface area contributed by atoms with Crippen LogP contribution in [0.2, 0.25) is 0 Å². The minimum absolute atomic E-state index is 0.00931. The lowest BCUT2D eigenvalue weighted by atomic mass is 9.80. The molecule has 11 heteroatoms. The largest absolute Gasteiger partial charge is 0.493 e. The number of para-hydroxylation sites is 2. The normalized spacial score (nSPS) is 18.4. The van der Waals surface area contributed by atoms with E-state index in [1.807, 2.05) is 42.2 Å². The van der Waals surface area contributed by atoms with Gasteiger partial charge in [-0.05, 0) is 55.5 Å². The Morgan fingerprint density at radius 1 is 0.933 bits per heavy atom. The number of aromatic nitrogens is 1. The van der Waals surface area contributed by atoms with Crippen molar-refractivity contribution in [1.29, 1.82) is 5.26 Å². The minimum Gasteiger partial charge on any atom is -0.493 e. The van der Waals surface area contributed by atoms with Crippen LogP contribution >= 0.6 is 0 Å². The molecular formula is C34H34N6O4S. The van der Waals surface area contributed by atoms with Gasteiger partial charge in [-0.2, -0.15) is 5.26 Å². The molecule has 0 spiro atoms. The average Bonchev–Trinajstić information content (AvgIpc) is 3.33. The highest BCUT2D eigenvalue weighted by atomic mass is 32.2. The van der Waals surface area contributed by atoms with Crippen molar-refractivity contribution in [3.63, 3.8) is 0 Å². The van der Waals surface area contributed by atoms with Crippen molar-refractivity contribution in [2.24, 2.45) is 0 Å². The number of hydrogen-bond acceptors (Lipinski definition) is 9. The van der Waals surface area contributed by atoms with Crippen LogP contribution in [-0.2, 0) is 20.4 Å². The van der Waals surface area contributed by atoms with Crippen molar-refractivity contribution in [2.75, 3.05) is 61.0 Å². The molecule has 1 fully saturated rings. The van der Waals surface area contributed by atoms with Crippen molar-refractivity contribution in [3.8, 4) is 11.8 Å². The van der Waals surface area contributed by atoms with Crippen LogP contribution in [0, 0.1) is 11.3 Å². The van der Waals surface area contributed by atoms with Crippen molar-refractivity contribution >= 4 is 33.0 Å². The van der Waals surface area contributed by atoms with Crippen LogP contribution in [-0.4, -0.2) is 71.1 Å². The Morgan fingerprint density at radius 3 is 2.31 bits per heavy atom. The molecule has 4 aromatic rings. The molecule has 1 saturated heterocycles. The number of anilines is 3. The third-order valence-corrected chi connectivity index (χ3v) is 10.2. The van der Waals surface area contributed by atoms with Crippen LogP contribution < -0.4 is 18.8 Å². The minimum atomic E-state index is -4.42. The molecule has 0 bridgehead atoms. The van der Waals surface area contributed by atoms with Gasteiger partial charge in [-0.1, -0.05) is 30.3 Å². The molecule has 0 aliphatic carbocycles. The molecule has 0 radical (unpaired) electrons. The van der Waals surface area contributed by atoms with E-state index in [4.69, 9.17) is 4.74 Å². The molecule has 2 aliphatic rings. The quantitative estimate of drug-likeness (QED) is 0.285. The van der Waals surface area contributed by atoms with Crippen LogP contribution in [0.3, 0.4) is 0 Å². The first-order valence-electron chi connectivity index (χ1n) is 14.8. The molecule has 1 amide bonds. The Hall–Kier alpha value is -4.92. The Morgan fingerprint density at radius 2 is 1.62 bits per heavy atom. The van der Waals surface area contributed by atoms with E-state index in [1.165, 1.54) is 6.07 Å². The van der Waals surface area contributed by atoms with E-state index < -0.39 is 21.5 Å². The number of nitriles is 1. The summed E-state index contributed by atoms with van der Waals surface area (Å²) in [7, 11) is -0.895. The van der Waals surface area contributed by atoms with E-state index in [0.717, 1.165) is 9.99 Å². The molecule has 3 aromatic carbocycles. The summed E-state index contributed by atoms with van der Waals surface area (Å²) in [6.45, 7) is 4.25. The highest BCUT2D eigenvalue weighted by molar-refractivity contribution is 7.93. The zero-order chi connectivity index (χ0) is 31.8. The zero-order valence-electron chi connectivity index (χ0n) is 25.4. The summed E-state index contributed by atoms with van der Waals surface area (Å²) in [6, 6.07) is 24.8. The molecule has 1 unspecified atom stereocenters. The summed E-state index contributed by atoms with van der Waals surface area (Å²) < 4.78 is 36.4. The summed E-state index contributed by atoms with van der Waals surface area (Å²) in [5.74, 6) is -0.156. The molecule has 1 aromatic heterocycles. The number of carbonyl (C=O) groups excluding carboxylic acids is 1. The van der Waals surface area contributed by atoms with Gasteiger partial charge < -0.3 is 14.5 Å². The highest BCUT2D eigenvalue weighted by Crippen LogP contribution is 2.53. The maximum Gasteiger partial charge on any atom is 0.273 e. The lowest BCUT2D eigenvalue weighted by Gasteiger charge is -2.46. The van der Waals surface area contributed by atoms with E-state index in [-0.39, 0.29) is 10.6 Å². The standard InChI is InChI=1S/C34H34N6O4S/c1-4-44-31-11-7-5-9-27(31)34(39-21-19-38(20-22-39)26-15-17-36-18-16-26)28-23-25(24-35)13-14-29(28)40(33(34)41)45(42,43)32-12-8-6-10-30(32)37(2)3/h5-18,23H,4,19-22H2,1-3H3. The third-order valence-electron chi connectivity index (χ3n) is 8.45. The van der Waals surface area contributed by atoms with Gasteiger partial charge in [0, 0.05) is 69.5 Å². The number of carbonyl (C=O) groups is 1. The molecule has 45 heavy (non-hydrogen) atoms. The van der Waals surface area contributed by atoms with E-state index in [0.29, 0.717) is 60.9 Å². The lowest BCUT2D eigenvalue weighted by Crippen LogP contribution is -2.60. The highest BCUT2D eigenvalue weighted by Gasteiger charge is 2.60. The molecule has 3 heterocycles. The van der Waals surface area contributed by atoms with Gasteiger partial charge in [-0.3, -0.25) is 14.7 Å². The van der Waals surface area contributed by atoms with Crippen molar-refractivity contribution < 1.29 is 17.9 Å². The number of fused-ring (bicyclic) bond motifs is 1. The topological polar surface area (TPSA) is 110 Å². The number of pyridine rings is 1. The number of rotatable bonds is 8. The van der Waals surface area contributed by atoms with E-state index in [9.17, 15) is 13.7 Å². The Kier molecular flexibility index (Phi) is 7.95. The monoisotopic (exact) mass is 622 g/mol. The fraction of sp³-hybridized carbons (Fsp3) is 0.265. The summed E-state index contributed by atoms with van der Waals surface area (Å²) in [5.41, 5.74) is 1.39. The zero-order valence-corrected chi connectivity index (χ0v) is 26.2. The number of benzene rings is 3. The number of ether oxygens (including phenoxy) is 1. The summed E-state index contributed by atoms with van der Waals surface area (Å²) in [6.07, 6.45) is 3.49. The molecule has 2 aliphatic heterocycles. The number of piperazine rings is 1. The Labute approximate surface area is 263 Å². The number of sulfonamides is 1. The maximum absolute atomic E-state index is 15.3. The maximum atomic E-state index is 15.3. The first kappa shape index (κ1) is 30.1. The van der Waals surface area contributed by atoms with Gasteiger partial charge in [0.2, 0.25) is 0 Å². The Bertz CT molecular complexity index is 1880.